The van der Waals surface area contributed by atoms with E-state index in [0.717, 1.165) is 36.9 Å². The van der Waals surface area contributed by atoms with E-state index in [-0.39, 0.29) is 6.61 Å². The van der Waals surface area contributed by atoms with E-state index in [4.69, 9.17) is 5.11 Å². The number of carbonyl (C=O) groups excluding carboxylic acids is 2. The van der Waals surface area contributed by atoms with Gasteiger partial charge in [-0.05, 0) is 37.3 Å². The molecule has 1 aliphatic rings. The minimum Gasteiger partial charge on any atom is -0.396 e. The molecule has 2 N–H and O–H groups in total. The SMILES string of the molecule is O=C(NCCCCCO)C(=O)N1CCc2ccccc21. The first kappa shape index (κ1) is 14.5. The van der Waals surface area contributed by atoms with E-state index in [0.29, 0.717) is 13.1 Å². The minimum atomic E-state index is -0.550. The van der Waals surface area contributed by atoms with Gasteiger partial charge in [0, 0.05) is 25.4 Å². The van der Waals surface area contributed by atoms with Gasteiger partial charge >= 0.3 is 11.8 Å². The first-order valence-electron chi connectivity index (χ1n) is 7.02. The van der Waals surface area contributed by atoms with Crippen LogP contribution in [0.15, 0.2) is 24.3 Å². The van der Waals surface area contributed by atoms with Crippen LogP contribution in [0.4, 0.5) is 5.69 Å². The molecule has 0 unspecified atom stereocenters. The van der Waals surface area contributed by atoms with E-state index >= 15 is 0 Å². The molecule has 0 radical (unpaired) electrons. The molecule has 0 aromatic heterocycles. The molecule has 0 fully saturated rings. The van der Waals surface area contributed by atoms with Crippen LogP contribution in [-0.4, -0.2) is 36.6 Å². The topological polar surface area (TPSA) is 69.6 Å². The predicted molar refractivity (Wildman–Crippen MR) is 76.4 cm³/mol. The zero-order valence-corrected chi connectivity index (χ0v) is 11.5. The van der Waals surface area contributed by atoms with E-state index in [1.54, 1.807) is 4.90 Å². The summed E-state index contributed by atoms with van der Waals surface area (Å²) in [5.41, 5.74) is 1.95. The molecule has 5 heteroatoms. The van der Waals surface area contributed by atoms with E-state index in [2.05, 4.69) is 5.32 Å². The molecule has 20 heavy (non-hydrogen) atoms. The maximum Gasteiger partial charge on any atom is 0.316 e. The highest BCUT2D eigenvalue weighted by molar-refractivity contribution is 6.40. The van der Waals surface area contributed by atoms with Crippen LogP contribution in [0, 0.1) is 0 Å². The van der Waals surface area contributed by atoms with Crippen LogP contribution in [0.1, 0.15) is 24.8 Å². The number of para-hydroxylation sites is 1. The molecule has 0 saturated heterocycles. The van der Waals surface area contributed by atoms with Crippen molar-refractivity contribution in [2.24, 2.45) is 0 Å². The second-order valence-corrected chi connectivity index (χ2v) is 4.88. The Labute approximate surface area is 118 Å². The Kier molecular flexibility index (Phi) is 5.12. The quantitative estimate of drug-likeness (QED) is 0.619. The van der Waals surface area contributed by atoms with Crippen molar-refractivity contribution in [2.45, 2.75) is 25.7 Å². The highest BCUT2D eigenvalue weighted by Gasteiger charge is 2.28. The van der Waals surface area contributed by atoms with Crippen LogP contribution in [-0.2, 0) is 16.0 Å². The molecule has 0 saturated carbocycles. The van der Waals surface area contributed by atoms with Crippen LogP contribution in [0.25, 0.3) is 0 Å². The number of anilines is 1. The molecular formula is C15H20N2O3. The fourth-order valence-corrected chi connectivity index (χ4v) is 2.36. The summed E-state index contributed by atoms with van der Waals surface area (Å²) < 4.78 is 0. The number of nitrogens with zero attached hydrogens (tertiary/aromatic N) is 1. The lowest BCUT2D eigenvalue weighted by Crippen LogP contribution is -2.42. The van der Waals surface area contributed by atoms with Gasteiger partial charge in [0.2, 0.25) is 0 Å². The number of rotatable bonds is 5. The Hall–Kier alpha value is -1.88. The molecule has 1 aromatic rings. The summed E-state index contributed by atoms with van der Waals surface area (Å²) in [4.78, 5) is 25.5. The van der Waals surface area contributed by atoms with Gasteiger partial charge in [-0.15, -0.1) is 0 Å². The predicted octanol–water partition coefficient (Wildman–Crippen LogP) is 0.854. The third kappa shape index (κ3) is 3.36. The number of aliphatic hydroxyl groups excluding tert-OH is 1. The third-order valence-corrected chi connectivity index (χ3v) is 3.45. The molecule has 1 aromatic carbocycles. The van der Waals surface area contributed by atoms with Crippen LogP contribution < -0.4 is 10.2 Å². The highest BCUT2D eigenvalue weighted by Crippen LogP contribution is 2.27. The maximum absolute atomic E-state index is 12.1. The lowest BCUT2D eigenvalue weighted by atomic mass is 10.2. The summed E-state index contributed by atoms with van der Waals surface area (Å²) in [5, 5.41) is 11.3. The third-order valence-electron chi connectivity index (χ3n) is 3.45. The molecule has 2 amide bonds. The molecule has 1 aliphatic heterocycles. The first-order valence-corrected chi connectivity index (χ1v) is 7.02. The fraction of sp³-hybridized carbons (Fsp3) is 0.467. The van der Waals surface area contributed by atoms with Crippen molar-refractivity contribution in [1.29, 1.82) is 0 Å². The summed E-state index contributed by atoms with van der Waals surface area (Å²) in [6.07, 6.45) is 3.14. The lowest BCUT2D eigenvalue weighted by Gasteiger charge is -2.16. The fourth-order valence-electron chi connectivity index (χ4n) is 2.36. The number of aliphatic hydroxyl groups is 1. The molecule has 2 rings (SSSR count). The molecule has 1 heterocycles. The molecular weight excluding hydrogens is 256 g/mol. The van der Waals surface area contributed by atoms with Crippen LogP contribution >= 0.6 is 0 Å². The van der Waals surface area contributed by atoms with E-state index < -0.39 is 11.8 Å². The number of amides is 2. The Morgan fingerprint density at radius 1 is 1.20 bits per heavy atom. The lowest BCUT2D eigenvalue weighted by molar-refractivity contribution is -0.137. The number of carbonyl (C=O) groups is 2. The van der Waals surface area contributed by atoms with Gasteiger partial charge in [-0.3, -0.25) is 9.59 Å². The summed E-state index contributed by atoms with van der Waals surface area (Å²) >= 11 is 0. The van der Waals surface area contributed by atoms with Gasteiger partial charge < -0.3 is 15.3 Å². The van der Waals surface area contributed by atoms with Gasteiger partial charge in [0.25, 0.3) is 0 Å². The van der Waals surface area contributed by atoms with Crippen molar-refractivity contribution in [3.8, 4) is 0 Å². The van der Waals surface area contributed by atoms with Crippen molar-refractivity contribution in [1.82, 2.24) is 5.32 Å². The molecule has 0 aliphatic carbocycles. The van der Waals surface area contributed by atoms with Crippen LogP contribution in [0.2, 0.25) is 0 Å². The maximum atomic E-state index is 12.1. The van der Waals surface area contributed by atoms with Gasteiger partial charge in [0.15, 0.2) is 0 Å². The Balaban J connectivity index is 1.84. The van der Waals surface area contributed by atoms with Crippen molar-refractivity contribution in [3.05, 3.63) is 29.8 Å². The Morgan fingerprint density at radius 2 is 2.00 bits per heavy atom. The normalized spacial score (nSPS) is 13.2. The average molecular weight is 276 g/mol. The van der Waals surface area contributed by atoms with Crippen molar-refractivity contribution in [3.63, 3.8) is 0 Å². The smallest absolute Gasteiger partial charge is 0.316 e. The second-order valence-electron chi connectivity index (χ2n) is 4.88. The van der Waals surface area contributed by atoms with Gasteiger partial charge in [0.05, 0.1) is 0 Å². The summed E-state index contributed by atoms with van der Waals surface area (Å²) in [6.45, 7) is 1.20. The highest BCUT2D eigenvalue weighted by atomic mass is 16.3. The number of nitrogens with one attached hydrogen (secondary N) is 1. The number of hydrogen-bond donors (Lipinski definition) is 2. The van der Waals surface area contributed by atoms with Crippen LogP contribution in [0.3, 0.4) is 0 Å². The number of fused-ring (bicyclic) bond motifs is 1. The molecule has 0 atom stereocenters. The standard InChI is InChI=1S/C15H20N2O3/c18-11-5-1-4-9-16-14(19)15(20)17-10-8-12-6-2-3-7-13(12)17/h2-3,6-7,18H,1,4-5,8-11H2,(H,16,19). The van der Waals surface area contributed by atoms with E-state index in [1.165, 1.54) is 0 Å². The van der Waals surface area contributed by atoms with E-state index in [9.17, 15) is 9.59 Å². The molecule has 108 valence electrons. The Bertz CT molecular complexity index is 488. The van der Waals surface area contributed by atoms with Crippen LogP contribution in [0.5, 0.6) is 0 Å². The number of unbranched alkanes of at least 4 members (excludes halogenated alkanes) is 2. The van der Waals surface area contributed by atoms with E-state index in [1.807, 2.05) is 24.3 Å². The molecule has 0 bridgehead atoms. The second kappa shape index (κ2) is 7.05. The monoisotopic (exact) mass is 276 g/mol. The first-order chi connectivity index (χ1) is 9.74. The zero-order valence-electron chi connectivity index (χ0n) is 11.5. The van der Waals surface area contributed by atoms with Crippen molar-refractivity contribution in [2.75, 3.05) is 24.6 Å². The van der Waals surface area contributed by atoms with Gasteiger partial charge in [-0.2, -0.15) is 0 Å². The van der Waals surface area contributed by atoms with Gasteiger partial charge in [-0.25, -0.2) is 0 Å². The Morgan fingerprint density at radius 3 is 2.80 bits per heavy atom. The summed E-state index contributed by atoms with van der Waals surface area (Å²) in [6, 6.07) is 7.66. The summed E-state index contributed by atoms with van der Waals surface area (Å²) in [5.74, 6) is -1.04. The summed E-state index contributed by atoms with van der Waals surface area (Å²) in [7, 11) is 0. The van der Waals surface area contributed by atoms with Crippen molar-refractivity contribution < 1.29 is 14.7 Å². The molecule has 0 spiro atoms. The largest absolute Gasteiger partial charge is 0.396 e. The average Bonchev–Trinajstić information content (AvgIpc) is 2.90. The zero-order chi connectivity index (χ0) is 14.4. The van der Waals surface area contributed by atoms with Crippen molar-refractivity contribution >= 4 is 17.5 Å². The minimum absolute atomic E-state index is 0.164. The van der Waals surface area contributed by atoms with Gasteiger partial charge in [-0.1, -0.05) is 18.2 Å². The molecule has 5 nitrogen and oxygen atoms in total. The number of benzene rings is 1. The van der Waals surface area contributed by atoms with Gasteiger partial charge in [0.1, 0.15) is 0 Å². The number of hydrogen-bond acceptors (Lipinski definition) is 3.